The van der Waals surface area contributed by atoms with Gasteiger partial charge in [-0.05, 0) is 60.4 Å². The van der Waals surface area contributed by atoms with Gasteiger partial charge in [0.25, 0.3) is 0 Å². The van der Waals surface area contributed by atoms with E-state index in [0.29, 0.717) is 28.8 Å². The quantitative estimate of drug-likeness (QED) is 0.268. The lowest BCUT2D eigenvalue weighted by Crippen LogP contribution is -2.40. The number of nitrogens with zero attached hydrogens (tertiary/aromatic N) is 2. The average Bonchev–Trinajstić information content (AvgIpc) is 3.62. The van der Waals surface area contributed by atoms with Gasteiger partial charge in [-0.25, -0.2) is 9.69 Å². The molecule has 8 rings (SSSR count). The molecule has 4 aliphatic carbocycles. The van der Waals surface area contributed by atoms with Gasteiger partial charge in [0.1, 0.15) is 5.52 Å². The molecule has 2 aromatic carbocycles. The van der Waals surface area contributed by atoms with Crippen LogP contribution in [0.3, 0.4) is 0 Å². The van der Waals surface area contributed by atoms with Crippen molar-refractivity contribution in [1.82, 2.24) is 4.98 Å². The van der Waals surface area contributed by atoms with E-state index in [2.05, 4.69) is 17.1 Å². The van der Waals surface area contributed by atoms with Gasteiger partial charge >= 0.3 is 5.97 Å². The predicted molar refractivity (Wildman–Crippen MR) is 120 cm³/mol. The Morgan fingerprint density at radius 2 is 1.61 bits per heavy atom. The first kappa shape index (κ1) is 18.7. The molecule has 33 heavy (non-hydrogen) atoms. The molecular formula is C27H20N2O4. The second-order valence-corrected chi connectivity index (χ2v) is 9.44. The maximum Gasteiger partial charge on any atom is 0.343 e. The highest BCUT2D eigenvalue weighted by Crippen LogP contribution is 2.65. The molecule has 6 nitrogen and oxygen atoms in total. The van der Waals surface area contributed by atoms with Crippen molar-refractivity contribution < 1.29 is 19.1 Å². The van der Waals surface area contributed by atoms with E-state index in [4.69, 9.17) is 4.74 Å². The lowest BCUT2D eigenvalue weighted by atomic mass is 9.63. The van der Waals surface area contributed by atoms with Crippen LogP contribution >= 0.6 is 0 Å². The minimum atomic E-state index is -0.561. The topological polar surface area (TPSA) is 76.6 Å². The Morgan fingerprint density at radius 3 is 2.36 bits per heavy atom. The van der Waals surface area contributed by atoms with Gasteiger partial charge in [-0.3, -0.25) is 14.6 Å². The molecule has 3 aromatic rings. The van der Waals surface area contributed by atoms with E-state index >= 15 is 0 Å². The molecule has 5 aliphatic rings. The van der Waals surface area contributed by atoms with E-state index in [-0.39, 0.29) is 41.0 Å². The Balaban J connectivity index is 1.19. The molecule has 1 aromatic heterocycles. The zero-order chi connectivity index (χ0) is 22.3. The van der Waals surface area contributed by atoms with Crippen LogP contribution < -0.4 is 9.64 Å². The Hall–Kier alpha value is -3.80. The van der Waals surface area contributed by atoms with Gasteiger partial charge < -0.3 is 4.74 Å². The maximum absolute atomic E-state index is 13.4. The number of esters is 1. The second-order valence-electron chi connectivity index (χ2n) is 9.44. The molecule has 6 heteroatoms. The standard InChI is InChI=1S/C27H20N2O4/c30-25-22-17-9-10-18(20-13-19(17)20)23(22)26(31)29(25)16-7-1-5-15(12-16)27(32)33-21-8-2-4-14-6-3-11-28-24(14)21/h1-12,17-20,22-23H,13H2/t17-,18-,19-,20-,22+,23+/m0/s1. The van der Waals surface area contributed by atoms with E-state index in [9.17, 15) is 14.4 Å². The van der Waals surface area contributed by atoms with Crippen molar-refractivity contribution in [1.29, 1.82) is 0 Å². The third kappa shape index (κ3) is 2.61. The number of anilines is 1. The molecule has 1 aliphatic heterocycles. The van der Waals surface area contributed by atoms with Crippen molar-refractivity contribution in [3.8, 4) is 5.75 Å². The Kier molecular flexibility index (Phi) is 3.75. The molecule has 2 saturated carbocycles. The summed E-state index contributed by atoms with van der Waals surface area (Å²) in [6, 6.07) is 15.7. The smallest absolute Gasteiger partial charge is 0.343 e. The van der Waals surface area contributed by atoms with Gasteiger partial charge in [-0.1, -0.05) is 36.4 Å². The summed E-state index contributed by atoms with van der Waals surface area (Å²) < 4.78 is 5.64. The molecule has 0 radical (unpaired) electrons. The number of ether oxygens (including phenoxy) is 1. The normalized spacial score (nSPS) is 31.0. The van der Waals surface area contributed by atoms with Crippen LogP contribution in [0.2, 0.25) is 0 Å². The molecular weight excluding hydrogens is 416 g/mol. The van der Waals surface area contributed by atoms with Crippen LogP contribution in [0.4, 0.5) is 5.69 Å². The van der Waals surface area contributed by atoms with Crippen molar-refractivity contribution in [2.75, 3.05) is 4.90 Å². The second kappa shape index (κ2) is 6.61. The first-order chi connectivity index (χ1) is 16.1. The monoisotopic (exact) mass is 436 g/mol. The fourth-order valence-electron chi connectivity index (χ4n) is 6.30. The minimum Gasteiger partial charge on any atom is -0.421 e. The Labute approximate surface area is 189 Å². The van der Waals surface area contributed by atoms with Gasteiger partial charge in [-0.2, -0.15) is 0 Å². The van der Waals surface area contributed by atoms with Crippen LogP contribution in [0.15, 0.2) is 72.9 Å². The van der Waals surface area contributed by atoms with Crippen molar-refractivity contribution in [2.24, 2.45) is 35.5 Å². The van der Waals surface area contributed by atoms with Crippen LogP contribution in [0, 0.1) is 35.5 Å². The number of fused-ring (bicyclic) bond motifs is 1. The highest BCUT2D eigenvalue weighted by molar-refractivity contribution is 6.23. The van der Waals surface area contributed by atoms with Crippen molar-refractivity contribution in [3.63, 3.8) is 0 Å². The number of para-hydroxylation sites is 1. The molecule has 162 valence electrons. The first-order valence-corrected chi connectivity index (χ1v) is 11.3. The van der Waals surface area contributed by atoms with Gasteiger partial charge in [0.2, 0.25) is 11.8 Å². The molecule has 2 heterocycles. The van der Waals surface area contributed by atoms with Gasteiger partial charge in [0, 0.05) is 11.6 Å². The molecule has 6 atom stereocenters. The van der Waals surface area contributed by atoms with Crippen LogP contribution in [-0.4, -0.2) is 22.8 Å². The van der Waals surface area contributed by atoms with E-state index in [1.807, 2.05) is 18.2 Å². The van der Waals surface area contributed by atoms with E-state index < -0.39 is 5.97 Å². The number of allylic oxidation sites excluding steroid dienone is 2. The molecule has 0 spiro atoms. The average molecular weight is 436 g/mol. The summed E-state index contributed by atoms with van der Waals surface area (Å²) >= 11 is 0. The van der Waals surface area contributed by atoms with E-state index in [0.717, 1.165) is 11.8 Å². The number of carbonyl (C=O) groups excluding carboxylic acids is 3. The fraction of sp³-hybridized carbons (Fsp3) is 0.259. The summed E-state index contributed by atoms with van der Waals surface area (Å²) in [5.74, 6) is 0.414. The predicted octanol–water partition coefficient (Wildman–Crippen LogP) is 4.01. The summed E-state index contributed by atoms with van der Waals surface area (Å²) in [6.07, 6.45) is 7.08. The number of amides is 2. The third-order valence-electron chi connectivity index (χ3n) is 7.80. The number of hydrogen-bond donors (Lipinski definition) is 0. The van der Waals surface area contributed by atoms with Crippen LogP contribution in [0.5, 0.6) is 5.75 Å². The molecule has 0 unspecified atom stereocenters. The van der Waals surface area contributed by atoms with Crippen LogP contribution in [0.1, 0.15) is 16.8 Å². The van der Waals surface area contributed by atoms with Crippen molar-refractivity contribution in [3.05, 3.63) is 78.5 Å². The summed E-state index contributed by atoms with van der Waals surface area (Å²) in [6.45, 7) is 0. The van der Waals surface area contributed by atoms with Crippen molar-refractivity contribution >= 4 is 34.4 Å². The highest BCUT2D eigenvalue weighted by atomic mass is 16.5. The summed E-state index contributed by atoms with van der Waals surface area (Å²) in [5, 5.41) is 0.869. The summed E-state index contributed by atoms with van der Waals surface area (Å²) in [5.41, 5.74) is 1.30. The van der Waals surface area contributed by atoms with Gasteiger partial charge in [-0.15, -0.1) is 0 Å². The SMILES string of the molecule is O=C(Oc1cccc2cccnc12)c1cccc(N2C(=O)[C@@H]3[C@H]4C=C[C@@H]([C@@H]5C[C@@H]45)[C@H]3C2=O)c1. The Bertz CT molecular complexity index is 1350. The first-order valence-electron chi connectivity index (χ1n) is 11.3. The summed E-state index contributed by atoms with van der Waals surface area (Å²) in [4.78, 5) is 45.3. The zero-order valence-electron chi connectivity index (χ0n) is 17.6. The molecule has 3 fully saturated rings. The number of benzene rings is 2. The van der Waals surface area contributed by atoms with E-state index in [1.54, 1.807) is 42.6 Å². The van der Waals surface area contributed by atoms with Gasteiger partial charge in [0.05, 0.1) is 23.1 Å². The van der Waals surface area contributed by atoms with Gasteiger partial charge in [0.15, 0.2) is 5.75 Å². The lowest BCUT2D eigenvalue weighted by molar-refractivity contribution is -0.124. The highest BCUT2D eigenvalue weighted by Gasteiger charge is 2.67. The Morgan fingerprint density at radius 1 is 0.909 bits per heavy atom. The molecule has 2 bridgehead atoms. The number of hydrogen-bond acceptors (Lipinski definition) is 5. The molecule has 2 amide bonds. The lowest BCUT2D eigenvalue weighted by Gasteiger charge is -2.37. The molecule has 1 saturated heterocycles. The molecule has 0 N–H and O–H groups in total. The third-order valence-corrected chi connectivity index (χ3v) is 7.80. The number of rotatable bonds is 3. The number of aromatic nitrogens is 1. The number of pyridine rings is 1. The fourth-order valence-corrected chi connectivity index (χ4v) is 6.30. The number of imide groups is 1. The van der Waals surface area contributed by atoms with E-state index in [1.165, 1.54) is 4.90 Å². The zero-order valence-corrected chi connectivity index (χ0v) is 17.6. The largest absolute Gasteiger partial charge is 0.421 e. The summed E-state index contributed by atoms with van der Waals surface area (Å²) in [7, 11) is 0. The van der Waals surface area contributed by atoms with Crippen molar-refractivity contribution in [2.45, 2.75) is 6.42 Å². The minimum absolute atomic E-state index is 0.140. The number of carbonyl (C=O) groups is 3. The van der Waals surface area contributed by atoms with Crippen LogP contribution in [0.25, 0.3) is 10.9 Å². The van der Waals surface area contributed by atoms with Crippen LogP contribution in [-0.2, 0) is 9.59 Å². The maximum atomic E-state index is 13.4.